The Morgan fingerprint density at radius 2 is 2.00 bits per heavy atom. The van der Waals surface area contributed by atoms with Crippen molar-refractivity contribution in [2.75, 3.05) is 0 Å². The zero-order valence-corrected chi connectivity index (χ0v) is 9.09. The Kier molecular flexibility index (Phi) is 3.05. The van der Waals surface area contributed by atoms with E-state index in [0.717, 1.165) is 25.7 Å². The predicted octanol–water partition coefficient (Wildman–Crippen LogP) is 3.49. The van der Waals surface area contributed by atoms with Crippen LogP contribution in [0.25, 0.3) is 0 Å². The van der Waals surface area contributed by atoms with Gasteiger partial charge >= 0.3 is 0 Å². The molecule has 2 aliphatic rings. The van der Waals surface area contributed by atoms with Crippen LogP contribution in [0.15, 0.2) is 11.6 Å². The largest absolute Gasteiger partial charge is 0.299 e. The molecule has 2 atom stereocenters. The van der Waals surface area contributed by atoms with Gasteiger partial charge in [0.05, 0.1) is 0 Å². The minimum atomic E-state index is 0.375. The topological polar surface area (TPSA) is 17.1 Å². The Morgan fingerprint density at radius 1 is 1.14 bits per heavy atom. The highest BCUT2D eigenvalue weighted by Gasteiger charge is 2.31. The number of ketones is 1. The van der Waals surface area contributed by atoms with Gasteiger partial charge in [0, 0.05) is 12.3 Å². The molecule has 78 valence electrons. The van der Waals surface area contributed by atoms with Gasteiger partial charge in [-0.25, -0.2) is 0 Å². The second-order valence-corrected chi connectivity index (χ2v) is 4.80. The molecule has 0 N–H and O–H groups in total. The van der Waals surface area contributed by atoms with Crippen LogP contribution in [0.5, 0.6) is 0 Å². The van der Waals surface area contributed by atoms with Crippen molar-refractivity contribution in [1.29, 1.82) is 0 Å². The van der Waals surface area contributed by atoms with Crippen LogP contribution in [-0.2, 0) is 4.79 Å². The van der Waals surface area contributed by atoms with E-state index < -0.39 is 0 Å². The summed E-state index contributed by atoms with van der Waals surface area (Å²) >= 11 is 0. The molecule has 0 aromatic heterocycles. The second kappa shape index (κ2) is 4.29. The minimum Gasteiger partial charge on any atom is -0.299 e. The molecule has 0 aliphatic heterocycles. The van der Waals surface area contributed by atoms with E-state index in [0.29, 0.717) is 17.6 Å². The molecule has 0 radical (unpaired) electrons. The molecular formula is C13H20O. The van der Waals surface area contributed by atoms with E-state index in [9.17, 15) is 4.79 Å². The predicted molar refractivity (Wildman–Crippen MR) is 58.1 cm³/mol. The third kappa shape index (κ3) is 1.92. The van der Waals surface area contributed by atoms with E-state index in [1.54, 1.807) is 0 Å². The summed E-state index contributed by atoms with van der Waals surface area (Å²) in [6, 6.07) is 0. The van der Waals surface area contributed by atoms with Crippen LogP contribution in [0, 0.1) is 11.8 Å². The highest BCUT2D eigenvalue weighted by molar-refractivity contribution is 5.81. The zero-order chi connectivity index (χ0) is 9.97. The van der Waals surface area contributed by atoms with Crippen molar-refractivity contribution in [3.8, 4) is 0 Å². The number of carbonyl (C=O) groups is 1. The quantitative estimate of drug-likeness (QED) is 0.537. The van der Waals surface area contributed by atoms with Gasteiger partial charge in [-0.15, -0.1) is 0 Å². The molecule has 0 aromatic rings. The zero-order valence-electron chi connectivity index (χ0n) is 9.09. The first-order valence-corrected chi connectivity index (χ1v) is 5.98. The molecule has 0 spiro atoms. The maximum Gasteiger partial charge on any atom is 0.136 e. The van der Waals surface area contributed by atoms with Crippen LogP contribution in [0.2, 0.25) is 0 Å². The number of carbonyl (C=O) groups excluding carboxylic acids is 1. The van der Waals surface area contributed by atoms with Gasteiger partial charge in [-0.2, -0.15) is 0 Å². The normalized spacial score (nSPS) is 34.1. The van der Waals surface area contributed by atoms with Gasteiger partial charge in [0.2, 0.25) is 0 Å². The average molecular weight is 192 g/mol. The molecule has 14 heavy (non-hydrogen) atoms. The van der Waals surface area contributed by atoms with E-state index in [4.69, 9.17) is 0 Å². The highest BCUT2D eigenvalue weighted by atomic mass is 16.1. The van der Waals surface area contributed by atoms with Crippen molar-refractivity contribution in [3.05, 3.63) is 11.6 Å². The van der Waals surface area contributed by atoms with Crippen molar-refractivity contribution in [2.24, 2.45) is 11.8 Å². The van der Waals surface area contributed by atoms with Gasteiger partial charge in [0.1, 0.15) is 5.78 Å². The lowest BCUT2D eigenvalue weighted by Crippen LogP contribution is -2.28. The fourth-order valence-corrected chi connectivity index (χ4v) is 3.00. The molecule has 0 saturated heterocycles. The fourth-order valence-electron chi connectivity index (χ4n) is 3.00. The smallest absolute Gasteiger partial charge is 0.136 e. The molecule has 2 aliphatic carbocycles. The molecule has 1 fully saturated rings. The van der Waals surface area contributed by atoms with Gasteiger partial charge in [-0.05, 0) is 38.5 Å². The molecule has 1 heteroatoms. The fraction of sp³-hybridized carbons (Fsp3) is 0.769. The van der Waals surface area contributed by atoms with E-state index in [1.807, 2.05) is 0 Å². The summed E-state index contributed by atoms with van der Waals surface area (Å²) in [5.74, 6) is 1.51. The van der Waals surface area contributed by atoms with Crippen LogP contribution in [0.3, 0.4) is 0 Å². The number of Topliss-reactive ketones (excluding diaryl/α,β-unsaturated/α-hetero) is 1. The lowest BCUT2D eigenvalue weighted by Gasteiger charge is -2.32. The van der Waals surface area contributed by atoms with Crippen LogP contribution in [0.1, 0.15) is 51.9 Å². The SMILES string of the molecule is CC1=CCC[C@@H]2C(=O)CCCCC[C@@H]12. The number of hydrogen-bond donors (Lipinski definition) is 0. The van der Waals surface area contributed by atoms with Crippen LogP contribution in [-0.4, -0.2) is 5.78 Å². The standard InChI is InChI=1S/C13H20O/c1-10-6-5-8-12-11(10)7-3-2-4-9-13(12)14/h6,11-12H,2-5,7-9H2,1H3/t11-,12-/m0/s1. The highest BCUT2D eigenvalue weighted by Crippen LogP contribution is 2.37. The third-order valence-corrected chi connectivity index (χ3v) is 3.87. The Hall–Kier alpha value is -0.590. The van der Waals surface area contributed by atoms with Crippen LogP contribution in [0.4, 0.5) is 0 Å². The number of rotatable bonds is 0. The monoisotopic (exact) mass is 192 g/mol. The molecule has 2 rings (SSSR count). The number of allylic oxidation sites excluding steroid dienone is 2. The summed E-state index contributed by atoms with van der Waals surface area (Å²) in [6.45, 7) is 2.21. The molecule has 1 saturated carbocycles. The Bertz CT molecular complexity index is 252. The first kappa shape index (κ1) is 9.95. The molecule has 1 nitrogen and oxygen atoms in total. The first-order valence-electron chi connectivity index (χ1n) is 5.98. The summed E-state index contributed by atoms with van der Waals surface area (Å²) in [7, 11) is 0. The maximum atomic E-state index is 11.9. The summed E-state index contributed by atoms with van der Waals surface area (Å²) in [6.07, 6.45) is 10.4. The summed E-state index contributed by atoms with van der Waals surface area (Å²) in [4.78, 5) is 11.9. The molecular weight excluding hydrogens is 172 g/mol. The van der Waals surface area contributed by atoms with E-state index in [-0.39, 0.29) is 0 Å². The van der Waals surface area contributed by atoms with Gasteiger partial charge < -0.3 is 0 Å². The van der Waals surface area contributed by atoms with E-state index >= 15 is 0 Å². The Balaban J connectivity index is 2.16. The Morgan fingerprint density at radius 3 is 2.86 bits per heavy atom. The van der Waals surface area contributed by atoms with Crippen molar-refractivity contribution in [3.63, 3.8) is 0 Å². The Labute approximate surface area is 86.6 Å². The van der Waals surface area contributed by atoms with Crippen molar-refractivity contribution in [2.45, 2.75) is 51.9 Å². The van der Waals surface area contributed by atoms with E-state index in [1.165, 1.54) is 24.8 Å². The lowest BCUT2D eigenvalue weighted by molar-refractivity contribution is -0.125. The van der Waals surface area contributed by atoms with Gasteiger partial charge in [0.25, 0.3) is 0 Å². The summed E-state index contributed by atoms with van der Waals surface area (Å²) < 4.78 is 0. The van der Waals surface area contributed by atoms with Gasteiger partial charge in [-0.1, -0.05) is 24.5 Å². The number of hydrogen-bond acceptors (Lipinski definition) is 1. The summed E-state index contributed by atoms with van der Waals surface area (Å²) in [5, 5.41) is 0. The van der Waals surface area contributed by atoms with Gasteiger partial charge in [0.15, 0.2) is 0 Å². The summed E-state index contributed by atoms with van der Waals surface area (Å²) in [5.41, 5.74) is 1.48. The van der Waals surface area contributed by atoms with E-state index in [2.05, 4.69) is 13.0 Å². The van der Waals surface area contributed by atoms with Crippen molar-refractivity contribution < 1.29 is 4.79 Å². The van der Waals surface area contributed by atoms with Crippen molar-refractivity contribution >= 4 is 5.78 Å². The van der Waals surface area contributed by atoms with Crippen LogP contribution >= 0.6 is 0 Å². The van der Waals surface area contributed by atoms with Crippen LogP contribution < -0.4 is 0 Å². The molecule has 0 amide bonds. The average Bonchev–Trinajstić information content (AvgIpc) is 2.16. The minimum absolute atomic E-state index is 0.375. The molecule has 0 unspecified atom stereocenters. The third-order valence-electron chi connectivity index (χ3n) is 3.87. The second-order valence-electron chi connectivity index (χ2n) is 4.80. The lowest BCUT2D eigenvalue weighted by atomic mass is 9.72. The molecule has 0 aromatic carbocycles. The molecule has 0 bridgehead atoms. The van der Waals surface area contributed by atoms with Crippen molar-refractivity contribution in [1.82, 2.24) is 0 Å². The maximum absolute atomic E-state index is 11.9. The first-order chi connectivity index (χ1) is 6.79. The molecule has 0 heterocycles. The van der Waals surface area contributed by atoms with Gasteiger partial charge in [-0.3, -0.25) is 4.79 Å². The number of fused-ring (bicyclic) bond motifs is 1.